The van der Waals surface area contributed by atoms with Gasteiger partial charge in [0.2, 0.25) is 0 Å². The summed E-state index contributed by atoms with van der Waals surface area (Å²) in [4.78, 5) is 0. The van der Waals surface area contributed by atoms with Crippen molar-refractivity contribution in [1.82, 2.24) is 0 Å². The number of hydrogen-bond acceptors (Lipinski definition) is 3. The molecule has 1 atom stereocenters. The van der Waals surface area contributed by atoms with Gasteiger partial charge in [-0.05, 0) is 37.1 Å². The fourth-order valence-corrected chi connectivity index (χ4v) is 2.48. The van der Waals surface area contributed by atoms with E-state index >= 15 is 0 Å². The number of rotatable bonds is 5. The van der Waals surface area contributed by atoms with Gasteiger partial charge in [-0.25, -0.2) is 0 Å². The molecule has 1 aromatic carbocycles. The fourth-order valence-electron chi connectivity index (χ4n) is 1.89. The first-order valence-electron chi connectivity index (χ1n) is 5.48. The molecule has 0 saturated carbocycles. The molecule has 0 saturated heterocycles. The highest BCUT2D eigenvalue weighted by atomic mass is 35.5. The van der Waals surface area contributed by atoms with Crippen molar-refractivity contribution in [3.05, 3.63) is 27.7 Å². The molecule has 17 heavy (non-hydrogen) atoms. The lowest BCUT2D eigenvalue weighted by Crippen LogP contribution is -2.28. The second-order valence-corrected chi connectivity index (χ2v) is 4.87. The summed E-state index contributed by atoms with van der Waals surface area (Å²) in [6, 6.07) is 3.52. The number of benzene rings is 1. The minimum atomic E-state index is 0.149. The predicted molar refractivity (Wildman–Crippen MR) is 73.0 cm³/mol. The van der Waals surface area contributed by atoms with E-state index in [1.807, 2.05) is 6.07 Å². The average Bonchev–Trinajstić information content (AvgIpc) is 2.29. The fraction of sp³-hybridized carbons (Fsp3) is 0.500. The highest BCUT2D eigenvalue weighted by Crippen LogP contribution is 2.38. The molecule has 0 amide bonds. The van der Waals surface area contributed by atoms with E-state index in [2.05, 4.69) is 6.92 Å². The van der Waals surface area contributed by atoms with E-state index in [1.165, 1.54) is 0 Å². The summed E-state index contributed by atoms with van der Waals surface area (Å²) in [5.41, 5.74) is 12.4. The highest BCUT2D eigenvalue weighted by Gasteiger charge is 2.21. The van der Waals surface area contributed by atoms with Gasteiger partial charge in [0, 0.05) is 10.6 Å². The summed E-state index contributed by atoms with van der Waals surface area (Å²) in [7, 11) is 1.59. The van der Waals surface area contributed by atoms with Gasteiger partial charge < -0.3 is 16.2 Å². The monoisotopic (exact) mass is 276 g/mol. The molecule has 96 valence electrons. The second kappa shape index (κ2) is 6.45. The van der Waals surface area contributed by atoms with Crippen molar-refractivity contribution < 1.29 is 4.74 Å². The summed E-state index contributed by atoms with van der Waals surface area (Å²) < 4.78 is 5.32. The van der Waals surface area contributed by atoms with Gasteiger partial charge in [0.15, 0.2) is 0 Å². The molecule has 0 bridgehead atoms. The molecule has 3 nitrogen and oxygen atoms in total. The van der Waals surface area contributed by atoms with Crippen LogP contribution in [0.1, 0.15) is 18.4 Å². The lowest BCUT2D eigenvalue weighted by molar-refractivity contribution is 0.392. The molecule has 0 radical (unpaired) electrons. The average molecular weight is 277 g/mol. The van der Waals surface area contributed by atoms with Crippen molar-refractivity contribution in [2.24, 2.45) is 17.4 Å². The van der Waals surface area contributed by atoms with Crippen molar-refractivity contribution in [2.75, 3.05) is 20.2 Å². The maximum Gasteiger partial charge on any atom is 0.141 e. The molecule has 1 rings (SSSR count). The number of ether oxygens (including phenoxy) is 1. The van der Waals surface area contributed by atoms with Crippen LogP contribution in [0.25, 0.3) is 0 Å². The van der Waals surface area contributed by atoms with Crippen LogP contribution in [0.15, 0.2) is 12.1 Å². The molecule has 0 fully saturated rings. The molecule has 5 heteroatoms. The van der Waals surface area contributed by atoms with Crippen LogP contribution in [0.4, 0.5) is 0 Å². The summed E-state index contributed by atoms with van der Waals surface area (Å²) in [5.74, 6) is 0.977. The van der Waals surface area contributed by atoms with E-state index in [1.54, 1.807) is 13.2 Å². The van der Waals surface area contributed by atoms with Gasteiger partial charge >= 0.3 is 0 Å². The van der Waals surface area contributed by atoms with E-state index < -0.39 is 0 Å². The number of nitrogens with two attached hydrogens (primary N) is 2. The van der Waals surface area contributed by atoms with Gasteiger partial charge in [0.25, 0.3) is 0 Å². The van der Waals surface area contributed by atoms with Crippen LogP contribution in [-0.4, -0.2) is 20.2 Å². The van der Waals surface area contributed by atoms with Crippen LogP contribution < -0.4 is 16.2 Å². The van der Waals surface area contributed by atoms with Gasteiger partial charge in [-0.3, -0.25) is 0 Å². The standard InChI is InChI=1S/C12H18Cl2N2O/c1-7(8(5-15)6-16)10-3-9(13)4-11(14)12(10)17-2/h3-4,7-8H,5-6,15-16H2,1-2H3. The molecule has 0 aromatic heterocycles. The Morgan fingerprint density at radius 1 is 1.24 bits per heavy atom. The largest absolute Gasteiger partial charge is 0.495 e. The molecular weight excluding hydrogens is 259 g/mol. The zero-order valence-electron chi connectivity index (χ0n) is 10.0. The minimum Gasteiger partial charge on any atom is -0.495 e. The van der Waals surface area contributed by atoms with E-state index in [4.69, 9.17) is 39.4 Å². The summed E-state index contributed by atoms with van der Waals surface area (Å²) in [6.45, 7) is 3.09. The van der Waals surface area contributed by atoms with E-state index in [0.717, 1.165) is 5.56 Å². The van der Waals surface area contributed by atoms with Crippen LogP contribution in [-0.2, 0) is 0 Å². The van der Waals surface area contributed by atoms with Crippen molar-refractivity contribution in [1.29, 1.82) is 0 Å². The predicted octanol–water partition coefficient (Wildman–Crippen LogP) is 2.64. The van der Waals surface area contributed by atoms with Gasteiger partial charge in [-0.2, -0.15) is 0 Å². The first-order chi connectivity index (χ1) is 8.04. The third-order valence-corrected chi connectivity index (χ3v) is 3.54. The van der Waals surface area contributed by atoms with Crippen LogP contribution in [0.3, 0.4) is 0 Å². The smallest absolute Gasteiger partial charge is 0.141 e. The quantitative estimate of drug-likeness (QED) is 0.869. The Morgan fingerprint density at radius 3 is 2.29 bits per heavy atom. The zero-order chi connectivity index (χ0) is 13.0. The van der Waals surface area contributed by atoms with Crippen molar-refractivity contribution in [3.8, 4) is 5.75 Å². The number of methoxy groups -OCH3 is 1. The van der Waals surface area contributed by atoms with Crippen molar-refractivity contribution >= 4 is 23.2 Å². The summed E-state index contributed by atoms with van der Waals surface area (Å²) in [6.07, 6.45) is 0. The molecular formula is C12H18Cl2N2O. The van der Waals surface area contributed by atoms with Crippen LogP contribution >= 0.6 is 23.2 Å². The van der Waals surface area contributed by atoms with Crippen molar-refractivity contribution in [2.45, 2.75) is 12.8 Å². The topological polar surface area (TPSA) is 61.3 Å². The summed E-state index contributed by atoms with van der Waals surface area (Å²) in [5, 5.41) is 1.10. The number of hydrogen-bond donors (Lipinski definition) is 2. The third kappa shape index (κ3) is 3.26. The Morgan fingerprint density at radius 2 is 1.82 bits per heavy atom. The van der Waals surface area contributed by atoms with Gasteiger partial charge in [-0.15, -0.1) is 0 Å². The first kappa shape index (κ1) is 14.6. The maximum absolute atomic E-state index is 6.10. The van der Waals surface area contributed by atoms with Gasteiger partial charge in [-0.1, -0.05) is 30.1 Å². The lowest BCUT2D eigenvalue weighted by atomic mass is 9.87. The van der Waals surface area contributed by atoms with Gasteiger partial charge in [0.1, 0.15) is 5.75 Å². The highest BCUT2D eigenvalue weighted by molar-refractivity contribution is 6.35. The van der Waals surface area contributed by atoms with Crippen molar-refractivity contribution in [3.63, 3.8) is 0 Å². The Bertz CT molecular complexity index is 381. The summed E-state index contributed by atoms with van der Waals surface area (Å²) >= 11 is 12.1. The molecule has 0 heterocycles. The maximum atomic E-state index is 6.10. The third-order valence-electron chi connectivity index (χ3n) is 3.04. The first-order valence-corrected chi connectivity index (χ1v) is 6.23. The Balaban J connectivity index is 3.19. The molecule has 1 aromatic rings. The van der Waals surface area contributed by atoms with Gasteiger partial charge in [0.05, 0.1) is 12.1 Å². The molecule has 0 spiro atoms. The van der Waals surface area contributed by atoms with Crippen LogP contribution in [0.5, 0.6) is 5.75 Å². The SMILES string of the molecule is COc1c(Cl)cc(Cl)cc1C(C)C(CN)CN. The lowest BCUT2D eigenvalue weighted by Gasteiger charge is -2.23. The van der Waals surface area contributed by atoms with E-state index in [9.17, 15) is 0 Å². The number of halogens is 2. The van der Waals surface area contributed by atoms with E-state index in [0.29, 0.717) is 28.9 Å². The molecule has 0 aliphatic heterocycles. The molecule has 4 N–H and O–H groups in total. The second-order valence-electron chi connectivity index (χ2n) is 4.03. The normalized spacial score (nSPS) is 12.9. The zero-order valence-corrected chi connectivity index (χ0v) is 11.6. The molecule has 0 aliphatic rings. The molecule has 1 unspecified atom stereocenters. The molecule has 0 aliphatic carbocycles. The Labute approximate surface area is 112 Å². The van der Waals surface area contributed by atoms with E-state index in [-0.39, 0.29) is 11.8 Å². The minimum absolute atomic E-state index is 0.149. The Kier molecular flexibility index (Phi) is 5.53. The Hall–Kier alpha value is -0.480. The van der Waals surface area contributed by atoms with Crippen LogP contribution in [0, 0.1) is 5.92 Å². The van der Waals surface area contributed by atoms with Crippen LogP contribution in [0.2, 0.25) is 10.0 Å².